The molecular formula is CH3N2NiO2-. The number of hydrogen-bond acceptors (Lipinski definition) is 3. The first-order valence-electron chi connectivity index (χ1n) is 0.877. The standard InChI is InChI=1S/CH3NO.NO.Ni/c1-2-3;1-2;/h1-3H;;/q;-1;. The summed E-state index contributed by atoms with van der Waals surface area (Å²) in [4.78, 5) is 7.25. The van der Waals surface area contributed by atoms with Crippen molar-refractivity contribution >= 4 is 5.12 Å². The van der Waals surface area contributed by atoms with E-state index in [1.54, 1.807) is 5.48 Å². The van der Waals surface area contributed by atoms with Gasteiger partial charge in [-0.25, -0.2) is 0 Å². The van der Waals surface area contributed by atoms with Crippen LogP contribution in [0.4, 0.5) is 0 Å². The molecule has 5 heteroatoms. The second-order valence-electron chi connectivity index (χ2n) is 0.220. The normalized spacial score (nSPS) is 5.17. The molecule has 0 aromatic heterocycles. The quantitative estimate of drug-likeness (QED) is 0.378. The van der Waals surface area contributed by atoms with Crippen LogP contribution in [0.1, 0.15) is 0 Å². The molecule has 0 radical (unpaired) electrons. The molecule has 0 spiro atoms. The maximum absolute atomic E-state index is 7.48. The van der Waals surface area contributed by atoms with Gasteiger partial charge in [-0.3, -0.25) is 0 Å². The van der Waals surface area contributed by atoms with Gasteiger partial charge in [0.1, 0.15) is 0 Å². The van der Waals surface area contributed by atoms with Crippen molar-refractivity contribution in [2.45, 2.75) is 0 Å². The Bertz CT molecular complexity index is 32.7. The average molecular weight is 134 g/mol. The summed E-state index contributed by atoms with van der Waals surface area (Å²) in [6.07, 6.45) is 0. The topological polar surface area (TPSA) is 71.6 Å². The molecule has 0 aliphatic heterocycles. The number of hydroxylamine groups is 1. The minimum Gasteiger partial charge on any atom is -0.577 e. The summed E-state index contributed by atoms with van der Waals surface area (Å²) in [5.74, 6) is 0. The van der Waals surface area contributed by atoms with Crippen molar-refractivity contribution in [1.29, 1.82) is 0 Å². The first-order valence-corrected chi connectivity index (χ1v) is 1.45. The van der Waals surface area contributed by atoms with Crippen LogP contribution in [0.5, 0.6) is 0 Å². The van der Waals surface area contributed by atoms with Crippen LogP contribution in [0.25, 0.3) is 5.59 Å². The summed E-state index contributed by atoms with van der Waals surface area (Å²) in [6.45, 7) is 0. The number of hydrogen-bond donors (Lipinski definition) is 2. The van der Waals surface area contributed by atoms with E-state index in [2.05, 4.69) is 15.0 Å². The zero-order valence-corrected chi connectivity index (χ0v) is 3.68. The zero-order valence-electron chi connectivity index (χ0n) is 2.70. The Hall–Kier alpha value is -0.116. The molecule has 6 heavy (non-hydrogen) atoms. The Kier molecular flexibility index (Phi) is 32.2. The van der Waals surface area contributed by atoms with E-state index >= 15 is 0 Å². The fourth-order valence-electron chi connectivity index (χ4n) is 0. The molecular weight excluding hydrogens is 131 g/mol. The first kappa shape index (κ1) is 9.30. The number of rotatable bonds is 1. The summed E-state index contributed by atoms with van der Waals surface area (Å²) in [5, 5.41) is 8.53. The van der Waals surface area contributed by atoms with Gasteiger partial charge < -0.3 is 10.5 Å². The molecule has 0 aromatic carbocycles. The van der Waals surface area contributed by atoms with Gasteiger partial charge in [0.15, 0.2) is 0 Å². The van der Waals surface area contributed by atoms with Gasteiger partial charge in [-0.1, -0.05) is 0 Å². The van der Waals surface area contributed by atoms with Crippen molar-refractivity contribution in [3.05, 3.63) is 10.5 Å². The first-order chi connectivity index (χ1) is 2.91. The van der Waals surface area contributed by atoms with Gasteiger partial charge in [0.05, 0.1) is 0 Å². The fourth-order valence-corrected chi connectivity index (χ4v) is 0. The summed E-state index contributed by atoms with van der Waals surface area (Å²) in [7, 11) is 0. The van der Waals surface area contributed by atoms with Crippen LogP contribution in [-0.2, 0) is 15.0 Å². The SMILES string of the molecule is ON[CH]=[Ni].[N-]=O. The summed E-state index contributed by atoms with van der Waals surface area (Å²) in [5.41, 5.74) is 7.39. The van der Waals surface area contributed by atoms with Crippen LogP contribution < -0.4 is 5.48 Å². The van der Waals surface area contributed by atoms with Crippen LogP contribution >= 0.6 is 0 Å². The van der Waals surface area contributed by atoms with E-state index in [0.717, 1.165) is 5.12 Å². The Morgan fingerprint density at radius 2 is 2.00 bits per heavy atom. The number of nitrogens with one attached hydrogen (secondary N) is 1. The Labute approximate surface area is 42.2 Å². The molecule has 0 saturated heterocycles. The maximum atomic E-state index is 7.48. The van der Waals surface area contributed by atoms with Gasteiger partial charge in [-0.05, 0) is 0 Å². The van der Waals surface area contributed by atoms with E-state index in [-0.39, 0.29) is 0 Å². The predicted molar refractivity (Wildman–Crippen MR) is 17.7 cm³/mol. The zero-order chi connectivity index (χ0) is 5.41. The summed E-state index contributed by atoms with van der Waals surface area (Å²) >= 11 is 3.83. The Morgan fingerprint density at radius 1 is 1.83 bits per heavy atom. The minimum absolute atomic E-state index is 1.06. The van der Waals surface area contributed by atoms with E-state index in [1.165, 1.54) is 0 Å². The molecule has 0 amide bonds. The van der Waals surface area contributed by atoms with Crippen LogP contribution in [-0.4, -0.2) is 10.3 Å². The monoisotopic (exact) mass is 133 g/mol. The Morgan fingerprint density at radius 3 is 2.00 bits per heavy atom. The van der Waals surface area contributed by atoms with Gasteiger partial charge in [-0.2, -0.15) is 0 Å². The predicted octanol–water partition coefficient (Wildman–Crippen LogP) is -0.406. The largest absolute Gasteiger partial charge is 0.577 e. The van der Waals surface area contributed by atoms with Crippen LogP contribution in [0.2, 0.25) is 0 Å². The number of nitrogens with zero attached hydrogens (tertiary/aromatic N) is 1. The van der Waals surface area contributed by atoms with Crippen molar-refractivity contribution in [2.24, 2.45) is 0 Å². The molecule has 40 valence electrons. The van der Waals surface area contributed by atoms with Crippen molar-refractivity contribution in [3.8, 4) is 0 Å². The molecule has 0 unspecified atom stereocenters. The van der Waals surface area contributed by atoms with Gasteiger partial charge in [0.25, 0.3) is 0 Å². The molecule has 0 aliphatic rings. The van der Waals surface area contributed by atoms with Gasteiger partial charge in [-0.15, -0.1) is 0 Å². The summed E-state index contributed by atoms with van der Waals surface area (Å²) in [6, 6.07) is 0. The second-order valence-corrected chi connectivity index (χ2v) is 0.505. The van der Waals surface area contributed by atoms with Crippen molar-refractivity contribution in [1.82, 2.24) is 5.48 Å². The molecule has 2 N–H and O–H groups in total. The molecule has 0 aliphatic carbocycles. The molecule has 0 heterocycles. The van der Waals surface area contributed by atoms with Crippen molar-refractivity contribution in [2.75, 3.05) is 0 Å². The molecule has 4 nitrogen and oxygen atoms in total. The average Bonchev–Trinajstić information content (AvgIpc) is 1.72. The molecule has 0 saturated carbocycles. The second kappa shape index (κ2) is 20.8. The van der Waals surface area contributed by atoms with E-state index in [1.807, 2.05) is 0 Å². The molecule has 0 fully saturated rings. The van der Waals surface area contributed by atoms with Crippen molar-refractivity contribution < 1.29 is 20.2 Å². The molecule has 0 atom stereocenters. The Balaban J connectivity index is 0. The van der Waals surface area contributed by atoms with E-state index < -0.39 is 0 Å². The smallest absolute Gasteiger partial charge is 0.423 e. The molecule has 0 aromatic rings. The fraction of sp³-hybridized carbons (Fsp3) is 0. The number of nitroso groups, excluding NO2 is 1. The van der Waals surface area contributed by atoms with Gasteiger partial charge >= 0.3 is 30.8 Å². The van der Waals surface area contributed by atoms with E-state index in [4.69, 9.17) is 15.7 Å². The third kappa shape index (κ3) is 41.4. The molecule has 0 bridgehead atoms. The maximum Gasteiger partial charge on any atom is -0.423 e. The van der Waals surface area contributed by atoms with Crippen LogP contribution in [0.3, 0.4) is 0 Å². The van der Waals surface area contributed by atoms with E-state index in [9.17, 15) is 0 Å². The van der Waals surface area contributed by atoms with Crippen LogP contribution in [0.15, 0.2) is 0 Å². The van der Waals surface area contributed by atoms with Crippen molar-refractivity contribution in [3.63, 3.8) is 0 Å². The third-order valence-corrected chi connectivity index (χ3v) is 0.168. The minimum atomic E-state index is 1.06. The van der Waals surface area contributed by atoms with Gasteiger partial charge in [0.2, 0.25) is 0 Å². The van der Waals surface area contributed by atoms with E-state index in [0.29, 0.717) is 0 Å². The summed E-state index contributed by atoms with van der Waals surface area (Å²) < 4.78 is 0. The van der Waals surface area contributed by atoms with Crippen LogP contribution in [0, 0.1) is 4.91 Å². The third-order valence-electron chi connectivity index (χ3n) is 0.0408. The van der Waals surface area contributed by atoms with Gasteiger partial charge in [0, 0.05) is 0 Å². The molecule has 0 rings (SSSR count).